The van der Waals surface area contributed by atoms with Crippen LogP contribution in [-0.2, 0) is 0 Å². The van der Waals surface area contributed by atoms with Crippen LogP contribution in [0.1, 0.15) is 65.7 Å². The lowest BCUT2D eigenvalue weighted by atomic mass is 9.80. The Morgan fingerprint density at radius 2 is 2.00 bits per heavy atom. The first kappa shape index (κ1) is 11.1. The fourth-order valence-corrected chi connectivity index (χ4v) is 2.64. The summed E-state index contributed by atoms with van der Waals surface area (Å²) in [5.74, 6) is 2.99. The van der Waals surface area contributed by atoms with Crippen LogP contribution in [0.3, 0.4) is 0 Å². The van der Waals surface area contributed by atoms with Gasteiger partial charge < -0.3 is 0 Å². The summed E-state index contributed by atoms with van der Waals surface area (Å²) in [4.78, 5) is 0. The van der Waals surface area contributed by atoms with E-state index in [1.165, 1.54) is 44.9 Å². The Bertz CT molecular complexity index is 126. The van der Waals surface area contributed by atoms with Gasteiger partial charge in [-0.2, -0.15) is 0 Å². The average Bonchev–Trinajstić information content (AvgIpc) is 2.03. The molecule has 2 unspecified atom stereocenters. The third-order valence-corrected chi connectivity index (χ3v) is 3.44. The van der Waals surface area contributed by atoms with Crippen LogP contribution >= 0.6 is 0 Å². The highest BCUT2D eigenvalue weighted by Gasteiger charge is 2.18. The van der Waals surface area contributed by atoms with Gasteiger partial charge in [-0.1, -0.05) is 59.3 Å². The molecule has 1 aliphatic rings. The van der Waals surface area contributed by atoms with E-state index in [1.54, 1.807) is 0 Å². The van der Waals surface area contributed by atoms with Crippen LogP contribution in [0.5, 0.6) is 0 Å². The fourth-order valence-electron chi connectivity index (χ4n) is 2.64. The van der Waals surface area contributed by atoms with Crippen molar-refractivity contribution in [2.75, 3.05) is 0 Å². The van der Waals surface area contributed by atoms with E-state index in [0.717, 1.165) is 17.8 Å². The highest BCUT2D eigenvalue weighted by molar-refractivity contribution is 4.70. The quantitative estimate of drug-likeness (QED) is 0.594. The molecule has 0 heteroatoms. The first-order valence-corrected chi connectivity index (χ1v) is 6.18. The van der Waals surface area contributed by atoms with Crippen LogP contribution in [0.2, 0.25) is 0 Å². The summed E-state index contributed by atoms with van der Waals surface area (Å²) in [6, 6.07) is 0. The van der Waals surface area contributed by atoms with Gasteiger partial charge in [0.25, 0.3) is 0 Å². The SMILES string of the molecule is CC(C)CCCC1CCCC(C)C1. The molecule has 0 radical (unpaired) electrons. The first-order valence-electron chi connectivity index (χ1n) is 6.18. The van der Waals surface area contributed by atoms with E-state index in [1.807, 2.05) is 0 Å². The number of rotatable bonds is 4. The minimum Gasteiger partial charge on any atom is -0.0628 e. The second-order valence-electron chi connectivity index (χ2n) is 5.46. The van der Waals surface area contributed by atoms with Crippen LogP contribution in [0.15, 0.2) is 0 Å². The predicted octanol–water partition coefficient (Wildman–Crippen LogP) is 4.64. The molecule has 0 aromatic carbocycles. The topological polar surface area (TPSA) is 0 Å². The van der Waals surface area contributed by atoms with Crippen LogP contribution < -0.4 is 0 Å². The number of hydrogen-bond acceptors (Lipinski definition) is 0. The molecule has 0 aromatic heterocycles. The van der Waals surface area contributed by atoms with Crippen LogP contribution in [0.25, 0.3) is 0 Å². The Kier molecular flexibility index (Phi) is 4.83. The summed E-state index contributed by atoms with van der Waals surface area (Å²) in [6.07, 6.45) is 10.4. The maximum Gasteiger partial charge on any atom is -0.0412 e. The minimum atomic E-state index is 0.904. The lowest BCUT2D eigenvalue weighted by Crippen LogP contribution is -2.13. The van der Waals surface area contributed by atoms with Gasteiger partial charge in [0.1, 0.15) is 0 Å². The van der Waals surface area contributed by atoms with Gasteiger partial charge in [0.05, 0.1) is 0 Å². The molecular weight excluding hydrogens is 156 g/mol. The summed E-state index contributed by atoms with van der Waals surface area (Å²) in [5.41, 5.74) is 0. The lowest BCUT2D eigenvalue weighted by Gasteiger charge is -2.26. The smallest absolute Gasteiger partial charge is 0.0412 e. The van der Waals surface area contributed by atoms with Gasteiger partial charge in [0.2, 0.25) is 0 Å². The van der Waals surface area contributed by atoms with Crippen molar-refractivity contribution >= 4 is 0 Å². The molecule has 0 amide bonds. The molecule has 13 heavy (non-hydrogen) atoms. The lowest BCUT2D eigenvalue weighted by molar-refractivity contribution is 0.261. The molecule has 1 rings (SSSR count). The Labute approximate surface area is 84.1 Å². The molecule has 1 saturated carbocycles. The van der Waals surface area contributed by atoms with Crippen LogP contribution in [0.4, 0.5) is 0 Å². The van der Waals surface area contributed by atoms with E-state index in [4.69, 9.17) is 0 Å². The molecule has 0 nitrogen and oxygen atoms in total. The molecule has 0 spiro atoms. The third-order valence-electron chi connectivity index (χ3n) is 3.44. The zero-order chi connectivity index (χ0) is 9.68. The van der Waals surface area contributed by atoms with Gasteiger partial charge in [0, 0.05) is 0 Å². The van der Waals surface area contributed by atoms with Crippen LogP contribution in [0, 0.1) is 17.8 Å². The Morgan fingerprint density at radius 1 is 1.23 bits per heavy atom. The monoisotopic (exact) mass is 182 g/mol. The molecule has 0 saturated heterocycles. The second-order valence-corrected chi connectivity index (χ2v) is 5.46. The van der Waals surface area contributed by atoms with Crippen molar-refractivity contribution in [3.63, 3.8) is 0 Å². The average molecular weight is 182 g/mol. The van der Waals surface area contributed by atoms with Crippen molar-refractivity contribution in [1.29, 1.82) is 0 Å². The van der Waals surface area contributed by atoms with Crippen molar-refractivity contribution in [2.45, 2.75) is 65.7 Å². The second kappa shape index (κ2) is 5.67. The summed E-state index contributed by atoms with van der Waals surface area (Å²) in [7, 11) is 0. The molecule has 0 aromatic rings. The zero-order valence-corrected chi connectivity index (χ0v) is 9.68. The van der Waals surface area contributed by atoms with E-state index in [9.17, 15) is 0 Å². The van der Waals surface area contributed by atoms with E-state index in [2.05, 4.69) is 20.8 Å². The van der Waals surface area contributed by atoms with Gasteiger partial charge in [-0.15, -0.1) is 0 Å². The summed E-state index contributed by atoms with van der Waals surface area (Å²) in [6.45, 7) is 7.10. The van der Waals surface area contributed by atoms with Gasteiger partial charge in [0.15, 0.2) is 0 Å². The molecule has 0 heterocycles. The van der Waals surface area contributed by atoms with Crippen molar-refractivity contribution in [1.82, 2.24) is 0 Å². The normalized spacial score (nSPS) is 29.5. The van der Waals surface area contributed by atoms with E-state index < -0.39 is 0 Å². The largest absolute Gasteiger partial charge is 0.0628 e. The fraction of sp³-hybridized carbons (Fsp3) is 1.00. The van der Waals surface area contributed by atoms with Crippen molar-refractivity contribution in [2.24, 2.45) is 17.8 Å². The maximum atomic E-state index is 2.43. The zero-order valence-electron chi connectivity index (χ0n) is 9.68. The van der Waals surface area contributed by atoms with Gasteiger partial charge in [-0.3, -0.25) is 0 Å². The van der Waals surface area contributed by atoms with Crippen molar-refractivity contribution in [3.8, 4) is 0 Å². The molecular formula is C13H26. The van der Waals surface area contributed by atoms with Gasteiger partial charge in [-0.05, 0) is 24.2 Å². The van der Waals surface area contributed by atoms with Crippen LogP contribution in [-0.4, -0.2) is 0 Å². The predicted molar refractivity (Wildman–Crippen MR) is 59.8 cm³/mol. The molecule has 0 aliphatic heterocycles. The van der Waals surface area contributed by atoms with Crippen molar-refractivity contribution in [3.05, 3.63) is 0 Å². The Balaban J connectivity index is 2.06. The van der Waals surface area contributed by atoms with E-state index in [-0.39, 0.29) is 0 Å². The Morgan fingerprint density at radius 3 is 2.62 bits per heavy atom. The molecule has 0 N–H and O–H groups in total. The molecule has 2 atom stereocenters. The highest BCUT2D eigenvalue weighted by atomic mass is 14.2. The van der Waals surface area contributed by atoms with Gasteiger partial charge in [-0.25, -0.2) is 0 Å². The minimum absolute atomic E-state index is 0.904. The molecule has 78 valence electrons. The summed E-state index contributed by atoms with van der Waals surface area (Å²) >= 11 is 0. The molecule has 1 aliphatic carbocycles. The maximum absolute atomic E-state index is 2.43. The number of hydrogen-bond donors (Lipinski definition) is 0. The highest BCUT2D eigenvalue weighted by Crippen LogP contribution is 2.31. The third kappa shape index (κ3) is 4.69. The van der Waals surface area contributed by atoms with E-state index in [0.29, 0.717) is 0 Å². The van der Waals surface area contributed by atoms with E-state index >= 15 is 0 Å². The van der Waals surface area contributed by atoms with Gasteiger partial charge >= 0.3 is 0 Å². The molecule has 0 bridgehead atoms. The standard InChI is InChI=1S/C13H26/c1-11(2)6-4-8-13-9-5-7-12(3)10-13/h11-13H,4-10H2,1-3H3. The Hall–Kier alpha value is 0. The first-order chi connectivity index (χ1) is 6.18. The molecule has 1 fully saturated rings. The summed E-state index contributed by atoms with van der Waals surface area (Å²) < 4.78 is 0. The van der Waals surface area contributed by atoms with Crippen molar-refractivity contribution < 1.29 is 0 Å². The summed E-state index contributed by atoms with van der Waals surface area (Å²) in [5, 5.41) is 0.